The lowest BCUT2D eigenvalue weighted by atomic mass is 9.96. The zero-order chi connectivity index (χ0) is 27.7. The summed E-state index contributed by atoms with van der Waals surface area (Å²) in [5.74, 6) is -1.46. The first kappa shape index (κ1) is 28.2. The van der Waals surface area contributed by atoms with Crippen LogP contribution in [-0.2, 0) is 14.6 Å². The molecule has 0 spiro atoms. The van der Waals surface area contributed by atoms with Gasteiger partial charge in [0, 0.05) is 29.6 Å². The zero-order valence-corrected chi connectivity index (χ0v) is 22.4. The van der Waals surface area contributed by atoms with E-state index in [1.807, 2.05) is 0 Å². The van der Waals surface area contributed by atoms with Crippen molar-refractivity contribution in [2.45, 2.75) is 23.6 Å². The maximum Gasteiger partial charge on any atom is 0.573 e. The Bertz CT molecular complexity index is 1420. The topological polar surface area (TPSA) is 75.7 Å². The van der Waals surface area contributed by atoms with Crippen LogP contribution in [0.1, 0.15) is 17.9 Å². The molecule has 38 heavy (non-hydrogen) atoms. The van der Waals surface area contributed by atoms with E-state index in [0.29, 0.717) is 12.1 Å². The van der Waals surface area contributed by atoms with Gasteiger partial charge in [-0.05, 0) is 55.4 Å². The van der Waals surface area contributed by atoms with Gasteiger partial charge in [0.05, 0.1) is 20.9 Å². The number of carbonyl (C=O) groups is 1. The molecule has 6 nitrogen and oxygen atoms in total. The van der Waals surface area contributed by atoms with Crippen LogP contribution in [-0.4, -0.2) is 51.5 Å². The molecule has 1 atom stereocenters. The van der Waals surface area contributed by atoms with E-state index in [9.17, 15) is 26.4 Å². The Morgan fingerprint density at radius 2 is 1.66 bits per heavy atom. The lowest BCUT2D eigenvalue weighted by Crippen LogP contribution is -2.42. The molecule has 12 heteroatoms. The standard InChI is InChI=1S/C26H23Cl2F3N2O4S/c1-38(35,36)18-9-7-16(8-10-18)20(15-33-11-4-12-33)25(34)32-17-13-21(27)24(22(28)14-17)19-5-2-3-6-23(19)37-26(29,30)31/h2-3,5-10,13-14,20H,4,11-12,15H2,1H3,(H,32,34). The fourth-order valence-corrected chi connectivity index (χ4v) is 5.45. The van der Waals surface area contributed by atoms with Crippen molar-refractivity contribution in [3.63, 3.8) is 0 Å². The fourth-order valence-electron chi connectivity index (χ4n) is 4.13. The Labute approximate surface area is 228 Å². The van der Waals surface area contributed by atoms with Crippen molar-refractivity contribution in [3.05, 3.63) is 76.3 Å². The number of carbonyl (C=O) groups excluding carboxylic acids is 1. The highest BCUT2D eigenvalue weighted by molar-refractivity contribution is 7.90. The molecule has 3 aromatic rings. The van der Waals surface area contributed by atoms with Gasteiger partial charge < -0.3 is 15.0 Å². The van der Waals surface area contributed by atoms with Gasteiger partial charge in [-0.1, -0.05) is 53.5 Å². The van der Waals surface area contributed by atoms with E-state index in [-0.39, 0.29) is 37.7 Å². The van der Waals surface area contributed by atoms with Crippen molar-refractivity contribution < 1.29 is 31.1 Å². The first-order valence-electron chi connectivity index (χ1n) is 11.5. The Hall–Kier alpha value is -2.79. The molecule has 1 aliphatic rings. The number of ether oxygens (including phenoxy) is 1. The number of benzene rings is 3. The van der Waals surface area contributed by atoms with Crippen molar-refractivity contribution in [1.82, 2.24) is 4.90 Å². The molecule has 1 N–H and O–H groups in total. The van der Waals surface area contributed by atoms with Crippen LogP contribution in [0.5, 0.6) is 5.75 Å². The molecule has 3 aromatic carbocycles. The molecule has 0 aliphatic carbocycles. The highest BCUT2D eigenvalue weighted by Gasteiger charge is 2.33. The molecule has 1 fully saturated rings. The lowest BCUT2D eigenvalue weighted by Gasteiger charge is -2.33. The average molecular weight is 587 g/mol. The predicted octanol–water partition coefficient (Wildman–Crippen LogP) is 6.39. The van der Waals surface area contributed by atoms with Gasteiger partial charge in [-0.2, -0.15) is 0 Å². The molecule has 1 heterocycles. The Kier molecular flexibility index (Phi) is 8.27. The van der Waals surface area contributed by atoms with Crippen molar-refractivity contribution in [1.29, 1.82) is 0 Å². The number of para-hydroxylation sites is 1. The molecular formula is C26H23Cl2F3N2O4S. The number of halogens is 5. The Morgan fingerprint density at radius 3 is 2.18 bits per heavy atom. The van der Waals surface area contributed by atoms with Crippen LogP contribution in [0.3, 0.4) is 0 Å². The molecule has 1 saturated heterocycles. The van der Waals surface area contributed by atoms with Crippen LogP contribution in [0, 0.1) is 0 Å². The number of sulfone groups is 1. The number of alkyl halides is 3. The number of amides is 1. The van der Waals surface area contributed by atoms with E-state index >= 15 is 0 Å². The van der Waals surface area contributed by atoms with Crippen LogP contribution in [0.2, 0.25) is 10.0 Å². The van der Waals surface area contributed by atoms with Crippen LogP contribution in [0.15, 0.2) is 65.6 Å². The monoisotopic (exact) mass is 586 g/mol. The summed E-state index contributed by atoms with van der Waals surface area (Å²) in [7, 11) is -3.39. The summed E-state index contributed by atoms with van der Waals surface area (Å²) in [4.78, 5) is 15.6. The van der Waals surface area contributed by atoms with Gasteiger partial charge in [-0.3, -0.25) is 4.79 Å². The van der Waals surface area contributed by atoms with Crippen LogP contribution < -0.4 is 10.1 Å². The highest BCUT2D eigenvalue weighted by Crippen LogP contribution is 2.43. The third-order valence-corrected chi connectivity index (χ3v) is 7.83. The van der Waals surface area contributed by atoms with E-state index in [4.69, 9.17) is 23.2 Å². The Morgan fingerprint density at radius 1 is 1.05 bits per heavy atom. The number of nitrogens with zero attached hydrogens (tertiary/aromatic N) is 1. The molecule has 1 unspecified atom stereocenters. The van der Waals surface area contributed by atoms with Gasteiger partial charge in [0.25, 0.3) is 0 Å². The summed E-state index contributed by atoms with van der Waals surface area (Å²) in [6.07, 6.45) is -2.78. The number of hydrogen-bond acceptors (Lipinski definition) is 5. The fraction of sp³-hybridized carbons (Fsp3) is 0.269. The second-order valence-corrected chi connectivity index (χ2v) is 11.7. The second kappa shape index (κ2) is 11.1. The van der Waals surface area contributed by atoms with Crippen molar-refractivity contribution in [3.8, 4) is 16.9 Å². The van der Waals surface area contributed by atoms with Crippen LogP contribution in [0.4, 0.5) is 18.9 Å². The van der Waals surface area contributed by atoms with Crippen molar-refractivity contribution in [2.24, 2.45) is 0 Å². The number of rotatable bonds is 8. The third kappa shape index (κ3) is 6.79. The van der Waals surface area contributed by atoms with Crippen LogP contribution in [0.25, 0.3) is 11.1 Å². The van der Waals surface area contributed by atoms with E-state index in [1.165, 1.54) is 42.5 Å². The van der Waals surface area contributed by atoms with Gasteiger partial charge in [-0.15, -0.1) is 13.2 Å². The summed E-state index contributed by atoms with van der Waals surface area (Å²) in [6.45, 7) is 2.11. The van der Waals surface area contributed by atoms with Crippen molar-refractivity contribution >= 4 is 44.6 Å². The minimum atomic E-state index is -4.91. The number of likely N-dealkylation sites (tertiary alicyclic amines) is 1. The van der Waals surface area contributed by atoms with Gasteiger partial charge >= 0.3 is 6.36 Å². The molecule has 202 valence electrons. The third-order valence-electron chi connectivity index (χ3n) is 6.11. The normalized spacial score (nSPS) is 15.0. The summed E-state index contributed by atoms with van der Waals surface area (Å²) in [6, 6.07) is 14.4. The molecule has 0 radical (unpaired) electrons. The summed E-state index contributed by atoms with van der Waals surface area (Å²) < 4.78 is 66.5. The maximum atomic E-state index is 13.4. The minimum Gasteiger partial charge on any atom is -0.405 e. The van der Waals surface area contributed by atoms with E-state index in [0.717, 1.165) is 31.8 Å². The molecule has 4 rings (SSSR count). The lowest BCUT2D eigenvalue weighted by molar-refractivity contribution is -0.274. The van der Waals surface area contributed by atoms with Gasteiger partial charge in [0.15, 0.2) is 9.84 Å². The van der Waals surface area contributed by atoms with Crippen LogP contribution >= 0.6 is 23.2 Å². The maximum absolute atomic E-state index is 13.4. The van der Waals surface area contributed by atoms with Crippen molar-refractivity contribution in [2.75, 3.05) is 31.2 Å². The second-order valence-electron chi connectivity index (χ2n) is 8.90. The smallest absolute Gasteiger partial charge is 0.405 e. The Balaban J connectivity index is 1.61. The van der Waals surface area contributed by atoms with Gasteiger partial charge in [0.1, 0.15) is 5.75 Å². The SMILES string of the molecule is CS(=O)(=O)c1ccc(C(CN2CCC2)C(=O)Nc2cc(Cl)c(-c3ccccc3OC(F)(F)F)c(Cl)c2)cc1. The molecule has 0 bridgehead atoms. The summed E-state index contributed by atoms with van der Waals surface area (Å²) in [5, 5.41) is 2.82. The summed E-state index contributed by atoms with van der Waals surface area (Å²) in [5.41, 5.74) is 1.05. The average Bonchev–Trinajstić information content (AvgIpc) is 2.77. The molecular weight excluding hydrogens is 564 g/mol. The van der Waals surface area contributed by atoms with Gasteiger partial charge in [0.2, 0.25) is 5.91 Å². The zero-order valence-electron chi connectivity index (χ0n) is 20.1. The molecule has 1 amide bonds. The number of nitrogens with one attached hydrogen (secondary N) is 1. The van der Waals surface area contributed by atoms with E-state index < -0.39 is 27.9 Å². The van der Waals surface area contributed by atoms with Gasteiger partial charge in [-0.25, -0.2) is 8.42 Å². The molecule has 0 aromatic heterocycles. The number of hydrogen-bond donors (Lipinski definition) is 1. The quantitative estimate of drug-likeness (QED) is 0.331. The largest absolute Gasteiger partial charge is 0.573 e. The number of anilines is 1. The highest BCUT2D eigenvalue weighted by atomic mass is 35.5. The van der Waals surface area contributed by atoms with E-state index in [1.54, 1.807) is 12.1 Å². The first-order valence-corrected chi connectivity index (χ1v) is 14.1. The minimum absolute atomic E-state index is 0.0165. The summed E-state index contributed by atoms with van der Waals surface area (Å²) >= 11 is 12.9. The predicted molar refractivity (Wildman–Crippen MR) is 141 cm³/mol. The van der Waals surface area contributed by atoms with E-state index in [2.05, 4.69) is 15.0 Å². The molecule has 1 aliphatic heterocycles. The molecule has 0 saturated carbocycles. The first-order chi connectivity index (χ1) is 17.8.